The van der Waals surface area contributed by atoms with Gasteiger partial charge < -0.3 is 9.80 Å². The van der Waals surface area contributed by atoms with Crippen molar-refractivity contribution in [1.82, 2.24) is 0 Å². The Labute approximate surface area is 272 Å². The number of hydrogen-bond acceptors (Lipinski definition) is 3. The third-order valence-corrected chi connectivity index (χ3v) is 8.70. The Morgan fingerprint density at radius 2 is 1.23 bits per heavy atom. The molecule has 5 rings (SSSR count). The third kappa shape index (κ3) is 8.41. The number of halogens is 1. The minimum absolute atomic E-state index is 0.492. The zero-order valence-electron chi connectivity index (χ0n) is 25.7. The Hall–Kier alpha value is -4.31. The van der Waals surface area contributed by atoms with Gasteiger partial charge in [-0.15, -0.1) is 11.6 Å². The molecule has 220 valence electrons. The molecule has 0 radical (unpaired) electrons. The number of alkyl halides is 1. The molecule has 0 bridgehead atoms. The van der Waals surface area contributed by atoms with Gasteiger partial charge in [0.25, 0.3) is 0 Å². The van der Waals surface area contributed by atoms with Crippen LogP contribution in [0.4, 0.5) is 11.4 Å². The highest BCUT2D eigenvalue weighted by Gasteiger charge is 2.18. The van der Waals surface area contributed by atoms with Gasteiger partial charge >= 0.3 is 0 Å². The van der Waals surface area contributed by atoms with Crippen LogP contribution in [0, 0.1) is 5.92 Å². The maximum Gasteiger partial charge on any atom is 0.0814 e. The predicted molar refractivity (Wildman–Crippen MR) is 197 cm³/mol. The molecule has 0 unspecified atom stereocenters. The monoisotopic (exact) mass is 613 g/mol. The SMILES string of the molecule is CN(C)c1ccc(C=C[C+](C=Cc2ccc(N(C)C)cc2)C=C2C=C(c3cccc(CCl)c3)C=C(c3ccccc3)S2)cc1. The van der Waals surface area contributed by atoms with Crippen LogP contribution in [0.3, 0.4) is 0 Å². The normalized spacial score (nSPS) is 14.2. The van der Waals surface area contributed by atoms with Crippen molar-refractivity contribution in [1.29, 1.82) is 0 Å². The highest BCUT2D eigenvalue weighted by atomic mass is 35.5. The van der Waals surface area contributed by atoms with Crippen molar-refractivity contribution in [2.75, 3.05) is 38.0 Å². The van der Waals surface area contributed by atoms with E-state index in [1.165, 1.54) is 32.3 Å². The molecule has 4 aromatic rings. The largest absolute Gasteiger partial charge is 0.378 e. The molecular weight excluding hydrogens is 576 g/mol. The van der Waals surface area contributed by atoms with Gasteiger partial charge in [-0.1, -0.05) is 48.5 Å². The number of anilines is 2. The number of rotatable bonds is 10. The van der Waals surface area contributed by atoms with Crippen molar-refractivity contribution in [2.24, 2.45) is 0 Å². The fourth-order valence-electron chi connectivity index (χ4n) is 4.81. The van der Waals surface area contributed by atoms with E-state index < -0.39 is 0 Å². The summed E-state index contributed by atoms with van der Waals surface area (Å²) in [6, 6.07) is 36.4. The van der Waals surface area contributed by atoms with E-state index in [-0.39, 0.29) is 0 Å². The summed E-state index contributed by atoms with van der Waals surface area (Å²) in [5, 5.41) is 0. The van der Waals surface area contributed by atoms with Gasteiger partial charge in [0.2, 0.25) is 0 Å². The molecule has 0 fully saturated rings. The van der Waals surface area contributed by atoms with Crippen molar-refractivity contribution in [3.05, 3.63) is 172 Å². The first-order valence-corrected chi connectivity index (χ1v) is 16.0. The van der Waals surface area contributed by atoms with E-state index >= 15 is 0 Å². The van der Waals surface area contributed by atoms with Crippen LogP contribution in [0.15, 0.2) is 138 Å². The van der Waals surface area contributed by atoms with Crippen LogP contribution in [0.2, 0.25) is 0 Å². The molecule has 0 N–H and O–H groups in total. The zero-order chi connectivity index (χ0) is 30.9. The molecule has 0 spiro atoms. The average Bonchev–Trinajstić information content (AvgIpc) is 3.06. The van der Waals surface area contributed by atoms with Gasteiger partial charge in [-0.2, -0.15) is 0 Å². The summed E-state index contributed by atoms with van der Waals surface area (Å²) in [5.41, 5.74) is 9.34. The maximum absolute atomic E-state index is 6.20. The summed E-state index contributed by atoms with van der Waals surface area (Å²) in [7, 11) is 8.25. The standard InChI is InChI=1S/C40H38ClN2S/c1-42(2)37-21-17-30(18-22-37)13-15-32(16-14-31-19-23-38(24-20-31)43(3)4)26-39-27-36(35-12-8-9-33(25-35)29-41)28-40(44-39)34-10-6-5-7-11-34/h5-28H,29H2,1-4H3/q+1. The molecule has 0 aromatic heterocycles. The molecule has 4 heteroatoms. The van der Waals surface area contributed by atoms with Gasteiger partial charge in [0.15, 0.2) is 0 Å². The summed E-state index contributed by atoms with van der Waals surface area (Å²) in [4.78, 5) is 6.62. The molecule has 1 heterocycles. The number of hydrogen-bond donors (Lipinski definition) is 0. The third-order valence-electron chi connectivity index (χ3n) is 7.35. The van der Waals surface area contributed by atoms with Crippen molar-refractivity contribution >= 4 is 57.4 Å². The summed E-state index contributed by atoms with van der Waals surface area (Å²) in [6.07, 6.45) is 15.6. The summed E-state index contributed by atoms with van der Waals surface area (Å²) < 4.78 is 0. The molecule has 4 aromatic carbocycles. The van der Waals surface area contributed by atoms with E-state index in [9.17, 15) is 0 Å². The molecule has 0 aliphatic carbocycles. The Morgan fingerprint density at radius 1 is 0.659 bits per heavy atom. The molecule has 0 saturated heterocycles. The number of thioether (sulfide) groups is 1. The van der Waals surface area contributed by atoms with E-state index in [1.807, 2.05) is 0 Å². The van der Waals surface area contributed by atoms with E-state index in [0.29, 0.717) is 5.88 Å². The van der Waals surface area contributed by atoms with Crippen LogP contribution in [0.1, 0.15) is 27.8 Å². The lowest BCUT2D eigenvalue weighted by molar-refractivity contribution is 1.13. The molecule has 0 atom stereocenters. The van der Waals surface area contributed by atoms with Gasteiger partial charge in [-0.25, -0.2) is 0 Å². The Balaban J connectivity index is 1.52. The second-order valence-electron chi connectivity index (χ2n) is 11.1. The van der Waals surface area contributed by atoms with Gasteiger partial charge in [0, 0.05) is 97.9 Å². The number of nitrogens with zero attached hydrogens (tertiary/aromatic N) is 2. The predicted octanol–water partition coefficient (Wildman–Crippen LogP) is 10.6. The fraction of sp³-hybridized carbons (Fsp3) is 0.125. The molecule has 0 amide bonds. The highest BCUT2D eigenvalue weighted by molar-refractivity contribution is 8.12. The lowest BCUT2D eigenvalue weighted by atomic mass is 9.99. The fourth-order valence-corrected chi connectivity index (χ4v) is 6.05. The number of benzene rings is 4. The quantitative estimate of drug-likeness (QED) is 0.130. The van der Waals surface area contributed by atoms with Crippen molar-refractivity contribution in [3.63, 3.8) is 0 Å². The van der Waals surface area contributed by atoms with Crippen molar-refractivity contribution < 1.29 is 0 Å². The van der Waals surface area contributed by atoms with Crippen LogP contribution < -0.4 is 9.80 Å². The maximum atomic E-state index is 6.20. The van der Waals surface area contributed by atoms with E-state index in [4.69, 9.17) is 11.6 Å². The molecule has 1 aliphatic heterocycles. The number of allylic oxidation sites excluding steroid dienone is 6. The highest BCUT2D eigenvalue weighted by Crippen LogP contribution is 2.43. The molecule has 44 heavy (non-hydrogen) atoms. The van der Waals surface area contributed by atoms with Crippen LogP contribution in [-0.4, -0.2) is 28.2 Å². The Bertz CT molecular complexity index is 1630. The van der Waals surface area contributed by atoms with Crippen LogP contribution in [0.25, 0.3) is 22.6 Å². The second kappa shape index (κ2) is 14.9. The Morgan fingerprint density at radius 3 is 1.77 bits per heavy atom. The molecule has 2 nitrogen and oxygen atoms in total. The van der Waals surface area contributed by atoms with Crippen LogP contribution >= 0.6 is 23.4 Å². The summed E-state index contributed by atoms with van der Waals surface area (Å²) in [5.74, 6) is 1.60. The van der Waals surface area contributed by atoms with Gasteiger partial charge in [-0.05, 0) is 94.7 Å². The lowest BCUT2D eigenvalue weighted by Gasteiger charge is -2.15. The lowest BCUT2D eigenvalue weighted by Crippen LogP contribution is -2.07. The van der Waals surface area contributed by atoms with E-state index in [0.717, 1.165) is 28.2 Å². The van der Waals surface area contributed by atoms with Gasteiger partial charge in [-0.3, -0.25) is 0 Å². The summed E-state index contributed by atoms with van der Waals surface area (Å²) in [6.45, 7) is 0. The topological polar surface area (TPSA) is 6.48 Å². The first-order chi connectivity index (χ1) is 21.4. The molecule has 1 aliphatic rings. The first-order valence-electron chi connectivity index (χ1n) is 14.7. The van der Waals surface area contributed by atoms with Crippen LogP contribution in [0.5, 0.6) is 0 Å². The summed E-state index contributed by atoms with van der Waals surface area (Å²) >= 11 is 8.00. The van der Waals surface area contributed by atoms with Crippen LogP contribution in [-0.2, 0) is 5.88 Å². The van der Waals surface area contributed by atoms with Crippen molar-refractivity contribution in [2.45, 2.75) is 5.88 Å². The minimum Gasteiger partial charge on any atom is -0.378 e. The molecular formula is C40H38ClN2S+. The Kier molecular flexibility index (Phi) is 10.6. The average molecular weight is 614 g/mol. The zero-order valence-corrected chi connectivity index (χ0v) is 27.3. The van der Waals surface area contributed by atoms with Crippen molar-refractivity contribution in [3.8, 4) is 0 Å². The minimum atomic E-state index is 0.492. The smallest absolute Gasteiger partial charge is 0.0814 e. The molecule has 0 saturated carbocycles. The van der Waals surface area contributed by atoms with Gasteiger partial charge in [0.05, 0.1) is 10.8 Å². The van der Waals surface area contributed by atoms with Gasteiger partial charge in [0.1, 0.15) is 0 Å². The first kappa shape index (κ1) is 31.1. The second-order valence-corrected chi connectivity index (χ2v) is 12.5. The van der Waals surface area contributed by atoms with E-state index in [1.54, 1.807) is 11.8 Å². The van der Waals surface area contributed by atoms with E-state index in [2.05, 4.69) is 184 Å².